The molecule has 0 aromatic heterocycles. The Morgan fingerprint density at radius 3 is 2.27 bits per heavy atom. The highest BCUT2D eigenvalue weighted by atomic mass is 16.3. The van der Waals surface area contributed by atoms with E-state index in [9.17, 15) is 5.11 Å². The molecule has 1 saturated carbocycles. The minimum absolute atomic E-state index is 0.411. The fraction of sp³-hybridized carbons (Fsp3) is 0.714. The number of rotatable bonds is 9. The van der Waals surface area contributed by atoms with Gasteiger partial charge in [-0.25, -0.2) is 0 Å². The molecule has 0 spiro atoms. The van der Waals surface area contributed by atoms with E-state index in [-0.39, 0.29) is 0 Å². The van der Waals surface area contributed by atoms with Gasteiger partial charge in [0.2, 0.25) is 0 Å². The average Bonchev–Trinajstić information content (AvgIpc) is 2.56. The van der Waals surface area contributed by atoms with Crippen molar-refractivity contribution >= 4 is 0 Å². The summed E-state index contributed by atoms with van der Waals surface area (Å²) < 4.78 is 0. The van der Waals surface area contributed by atoms with Gasteiger partial charge in [0.1, 0.15) is 6.10 Å². The third kappa shape index (κ3) is 9.85. The number of allylic oxidation sites excluding steroid dienone is 4. The van der Waals surface area contributed by atoms with Crippen molar-refractivity contribution in [3.8, 4) is 11.8 Å². The minimum Gasteiger partial charge on any atom is -0.380 e. The van der Waals surface area contributed by atoms with E-state index in [0.29, 0.717) is 5.92 Å². The number of hydrogen-bond donors (Lipinski definition) is 1. The molecule has 0 saturated heterocycles. The Morgan fingerprint density at radius 1 is 0.955 bits per heavy atom. The highest BCUT2D eigenvalue weighted by molar-refractivity contribution is 5.18. The maximum Gasteiger partial charge on any atom is 0.117 e. The summed E-state index contributed by atoms with van der Waals surface area (Å²) in [6.07, 6.45) is 23.0. The van der Waals surface area contributed by atoms with Crippen molar-refractivity contribution in [3.63, 3.8) is 0 Å². The fourth-order valence-electron chi connectivity index (χ4n) is 2.93. The van der Waals surface area contributed by atoms with Crippen molar-refractivity contribution in [3.05, 3.63) is 24.3 Å². The smallest absolute Gasteiger partial charge is 0.117 e. The Balaban J connectivity index is 2.01. The molecule has 1 heteroatoms. The van der Waals surface area contributed by atoms with Crippen LogP contribution in [-0.2, 0) is 0 Å². The van der Waals surface area contributed by atoms with Crippen LogP contribution in [0.25, 0.3) is 0 Å². The number of aliphatic hydroxyl groups is 1. The summed E-state index contributed by atoms with van der Waals surface area (Å²) in [7, 11) is 0. The summed E-state index contributed by atoms with van der Waals surface area (Å²) in [5.74, 6) is 6.42. The van der Waals surface area contributed by atoms with Crippen LogP contribution in [0.2, 0.25) is 0 Å². The van der Waals surface area contributed by atoms with E-state index >= 15 is 0 Å². The van der Waals surface area contributed by atoms with Crippen LogP contribution in [0, 0.1) is 17.8 Å². The average molecular weight is 303 g/mol. The lowest BCUT2D eigenvalue weighted by Crippen LogP contribution is -2.20. The van der Waals surface area contributed by atoms with E-state index in [2.05, 4.69) is 37.0 Å². The molecule has 0 aliphatic heterocycles. The second-order valence-corrected chi connectivity index (χ2v) is 6.43. The minimum atomic E-state index is -0.418. The molecule has 0 amide bonds. The van der Waals surface area contributed by atoms with Crippen molar-refractivity contribution in [2.24, 2.45) is 5.92 Å². The van der Waals surface area contributed by atoms with Gasteiger partial charge >= 0.3 is 0 Å². The molecule has 1 N–H and O–H groups in total. The van der Waals surface area contributed by atoms with Crippen LogP contribution in [0.3, 0.4) is 0 Å². The number of unbranched alkanes of at least 4 members (excludes halogenated alkanes) is 5. The molecule has 1 atom stereocenters. The predicted molar refractivity (Wildman–Crippen MR) is 96.6 cm³/mol. The van der Waals surface area contributed by atoms with Crippen LogP contribution in [-0.4, -0.2) is 11.2 Å². The third-order valence-corrected chi connectivity index (χ3v) is 4.41. The van der Waals surface area contributed by atoms with E-state index in [1.165, 1.54) is 57.8 Å². The normalized spacial score (nSPS) is 17.7. The van der Waals surface area contributed by atoms with E-state index < -0.39 is 6.10 Å². The van der Waals surface area contributed by atoms with Crippen LogP contribution >= 0.6 is 0 Å². The molecule has 1 fully saturated rings. The van der Waals surface area contributed by atoms with Crippen molar-refractivity contribution < 1.29 is 5.11 Å². The Kier molecular flexibility index (Phi) is 11.8. The summed E-state index contributed by atoms with van der Waals surface area (Å²) in [4.78, 5) is 0. The molecular weight excluding hydrogens is 268 g/mol. The molecule has 1 unspecified atom stereocenters. The topological polar surface area (TPSA) is 20.2 Å². The lowest BCUT2D eigenvalue weighted by molar-refractivity contribution is 0.133. The van der Waals surface area contributed by atoms with Gasteiger partial charge in [0.25, 0.3) is 0 Å². The van der Waals surface area contributed by atoms with E-state index in [4.69, 9.17) is 0 Å². The molecule has 1 rings (SSSR count). The van der Waals surface area contributed by atoms with Crippen LogP contribution in [0.1, 0.15) is 84.0 Å². The first-order valence-electron chi connectivity index (χ1n) is 9.33. The zero-order valence-electron chi connectivity index (χ0n) is 14.4. The molecule has 0 bridgehead atoms. The molecule has 1 aliphatic carbocycles. The lowest BCUT2D eigenvalue weighted by Gasteiger charge is -2.23. The first kappa shape index (κ1) is 19.0. The summed E-state index contributed by atoms with van der Waals surface area (Å²) >= 11 is 0. The molecule has 22 heavy (non-hydrogen) atoms. The Labute approximate surface area is 137 Å². The molecule has 1 aliphatic rings. The van der Waals surface area contributed by atoms with Crippen molar-refractivity contribution in [2.75, 3.05) is 0 Å². The SMILES string of the molecule is CCCC/C=C\CCCC/C=C\C#CC(O)C1CCCCC1. The summed E-state index contributed by atoms with van der Waals surface area (Å²) in [5, 5.41) is 10.0. The van der Waals surface area contributed by atoms with Crippen molar-refractivity contribution in [1.29, 1.82) is 0 Å². The fourth-order valence-corrected chi connectivity index (χ4v) is 2.93. The molecule has 0 aromatic rings. The zero-order valence-corrected chi connectivity index (χ0v) is 14.4. The summed E-state index contributed by atoms with van der Waals surface area (Å²) in [6.45, 7) is 2.23. The second kappa shape index (κ2) is 13.6. The second-order valence-electron chi connectivity index (χ2n) is 6.43. The maximum absolute atomic E-state index is 10.0. The van der Waals surface area contributed by atoms with Gasteiger partial charge in [-0.2, -0.15) is 0 Å². The first-order chi connectivity index (χ1) is 10.8. The zero-order chi connectivity index (χ0) is 15.9. The third-order valence-electron chi connectivity index (χ3n) is 4.41. The summed E-state index contributed by atoms with van der Waals surface area (Å²) in [5.41, 5.74) is 0. The quantitative estimate of drug-likeness (QED) is 0.324. The van der Waals surface area contributed by atoms with Gasteiger partial charge in [-0.1, -0.05) is 69.1 Å². The Bertz CT molecular complexity index is 363. The van der Waals surface area contributed by atoms with Gasteiger partial charge in [-0.3, -0.25) is 0 Å². The van der Waals surface area contributed by atoms with Crippen LogP contribution in [0.15, 0.2) is 24.3 Å². The predicted octanol–water partition coefficient (Wildman–Crippen LogP) is 5.79. The first-order valence-corrected chi connectivity index (χ1v) is 9.33. The van der Waals surface area contributed by atoms with Gasteiger partial charge in [0.05, 0.1) is 0 Å². The van der Waals surface area contributed by atoms with Gasteiger partial charge in [-0.15, -0.1) is 0 Å². The van der Waals surface area contributed by atoms with E-state index in [1.807, 2.05) is 6.08 Å². The van der Waals surface area contributed by atoms with Gasteiger partial charge in [0.15, 0.2) is 0 Å². The van der Waals surface area contributed by atoms with Gasteiger partial charge < -0.3 is 5.11 Å². The standard InChI is InChI=1S/C21H34O/c1-2-3-4-5-6-7-8-9-10-11-12-16-19-21(22)20-17-14-13-15-18-20/h5-6,11-12,20-22H,2-4,7-10,13-15,17-18H2,1H3/b6-5-,12-11-. The maximum atomic E-state index is 10.0. The highest BCUT2D eigenvalue weighted by Crippen LogP contribution is 2.26. The number of aliphatic hydroxyl groups excluding tert-OH is 1. The summed E-state index contributed by atoms with van der Waals surface area (Å²) in [6, 6.07) is 0. The molecule has 0 radical (unpaired) electrons. The monoisotopic (exact) mass is 302 g/mol. The molecule has 1 nitrogen and oxygen atoms in total. The van der Waals surface area contributed by atoms with Crippen molar-refractivity contribution in [1.82, 2.24) is 0 Å². The molecular formula is C21H34O. The van der Waals surface area contributed by atoms with E-state index in [0.717, 1.165) is 19.3 Å². The number of hydrogen-bond acceptors (Lipinski definition) is 1. The Hall–Kier alpha value is -1.00. The lowest BCUT2D eigenvalue weighted by atomic mass is 9.85. The van der Waals surface area contributed by atoms with Crippen LogP contribution in [0.4, 0.5) is 0 Å². The van der Waals surface area contributed by atoms with Crippen LogP contribution in [0.5, 0.6) is 0 Å². The highest BCUT2D eigenvalue weighted by Gasteiger charge is 2.19. The largest absolute Gasteiger partial charge is 0.380 e. The molecule has 124 valence electrons. The Morgan fingerprint density at radius 2 is 1.59 bits per heavy atom. The molecule has 0 aromatic carbocycles. The van der Waals surface area contributed by atoms with Crippen LogP contribution < -0.4 is 0 Å². The van der Waals surface area contributed by atoms with Crippen molar-refractivity contribution in [2.45, 2.75) is 90.1 Å². The van der Waals surface area contributed by atoms with E-state index in [1.54, 1.807) is 0 Å². The molecule has 0 heterocycles. The van der Waals surface area contributed by atoms with Gasteiger partial charge in [-0.05, 0) is 56.9 Å². The van der Waals surface area contributed by atoms with Gasteiger partial charge in [0, 0.05) is 0 Å².